The zero-order chi connectivity index (χ0) is 16.7. The molecule has 2 aromatic rings. The molecule has 0 aromatic heterocycles. The molecule has 0 aliphatic rings. The molecule has 2 N–H and O–H groups in total. The van der Waals surface area contributed by atoms with Gasteiger partial charge in [0.05, 0.1) is 13.0 Å². The first kappa shape index (κ1) is 16.5. The van der Waals surface area contributed by atoms with Crippen molar-refractivity contribution in [2.45, 2.75) is 19.4 Å². The minimum Gasteiger partial charge on any atom is -0.493 e. The molecule has 0 saturated carbocycles. The van der Waals surface area contributed by atoms with Gasteiger partial charge in [-0.2, -0.15) is 0 Å². The summed E-state index contributed by atoms with van der Waals surface area (Å²) in [4.78, 5) is 23.4. The number of hydrogen-bond acceptors (Lipinski definition) is 4. The van der Waals surface area contributed by atoms with Gasteiger partial charge in [0.2, 0.25) is 6.10 Å². The lowest BCUT2D eigenvalue weighted by Crippen LogP contribution is -2.26. The summed E-state index contributed by atoms with van der Waals surface area (Å²) in [5.74, 6) is -0.554. The molecule has 0 bridgehead atoms. The highest BCUT2D eigenvalue weighted by atomic mass is 16.6. The second-order valence-electron chi connectivity index (χ2n) is 5.10. The number of rotatable bonds is 7. The van der Waals surface area contributed by atoms with E-state index in [4.69, 9.17) is 15.2 Å². The Morgan fingerprint density at radius 1 is 1.09 bits per heavy atom. The third-order valence-electron chi connectivity index (χ3n) is 3.17. The molecular weight excluding hydrogens is 294 g/mol. The number of amides is 1. The maximum Gasteiger partial charge on any atom is 0.310 e. The van der Waals surface area contributed by atoms with Crippen molar-refractivity contribution in [1.29, 1.82) is 0 Å². The van der Waals surface area contributed by atoms with Crippen molar-refractivity contribution in [3.8, 4) is 5.75 Å². The molecule has 1 atom stereocenters. The van der Waals surface area contributed by atoms with Crippen LogP contribution in [0.25, 0.3) is 0 Å². The van der Waals surface area contributed by atoms with Gasteiger partial charge in [-0.05, 0) is 24.6 Å². The number of aryl methyl sites for hydroxylation is 1. The van der Waals surface area contributed by atoms with Gasteiger partial charge in [-0.15, -0.1) is 0 Å². The van der Waals surface area contributed by atoms with Gasteiger partial charge in [-0.1, -0.05) is 42.5 Å². The van der Waals surface area contributed by atoms with E-state index < -0.39 is 18.0 Å². The maximum atomic E-state index is 11.9. The van der Waals surface area contributed by atoms with E-state index in [0.29, 0.717) is 11.3 Å². The first-order valence-corrected chi connectivity index (χ1v) is 7.29. The molecule has 23 heavy (non-hydrogen) atoms. The molecule has 0 fully saturated rings. The van der Waals surface area contributed by atoms with E-state index in [0.717, 1.165) is 5.56 Å². The van der Waals surface area contributed by atoms with Crippen LogP contribution in [0.4, 0.5) is 0 Å². The number of nitrogens with two attached hydrogens (primary N) is 1. The Kier molecular flexibility index (Phi) is 5.74. The van der Waals surface area contributed by atoms with E-state index in [2.05, 4.69) is 0 Å². The van der Waals surface area contributed by atoms with Crippen LogP contribution >= 0.6 is 0 Å². The third-order valence-corrected chi connectivity index (χ3v) is 3.17. The smallest absolute Gasteiger partial charge is 0.310 e. The number of carbonyl (C=O) groups is 2. The highest BCUT2D eigenvalue weighted by Gasteiger charge is 2.22. The number of benzene rings is 2. The molecule has 120 valence electrons. The number of carbonyl (C=O) groups excluding carboxylic acids is 2. The Balaban J connectivity index is 1.86. The lowest BCUT2D eigenvalue weighted by molar-refractivity contribution is -0.155. The molecule has 1 unspecified atom stereocenters. The molecule has 0 heterocycles. The molecule has 5 heteroatoms. The minimum atomic E-state index is -1.08. The summed E-state index contributed by atoms with van der Waals surface area (Å²) in [6.45, 7) is 2.13. The Morgan fingerprint density at radius 2 is 1.83 bits per heavy atom. The molecule has 0 spiro atoms. The van der Waals surface area contributed by atoms with Crippen molar-refractivity contribution >= 4 is 11.9 Å². The Hall–Kier alpha value is -2.82. The van der Waals surface area contributed by atoms with Crippen molar-refractivity contribution in [3.63, 3.8) is 0 Å². The van der Waals surface area contributed by atoms with Crippen molar-refractivity contribution in [3.05, 3.63) is 65.7 Å². The van der Waals surface area contributed by atoms with Gasteiger partial charge in [-0.3, -0.25) is 9.59 Å². The van der Waals surface area contributed by atoms with Crippen LogP contribution in [-0.4, -0.2) is 18.5 Å². The Morgan fingerprint density at radius 3 is 2.48 bits per heavy atom. The topological polar surface area (TPSA) is 78.6 Å². The molecule has 0 aliphatic heterocycles. The van der Waals surface area contributed by atoms with Gasteiger partial charge in [0.15, 0.2) is 0 Å². The van der Waals surface area contributed by atoms with Crippen LogP contribution < -0.4 is 10.5 Å². The van der Waals surface area contributed by atoms with Crippen molar-refractivity contribution < 1.29 is 19.1 Å². The van der Waals surface area contributed by atoms with Crippen LogP contribution in [0.3, 0.4) is 0 Å². The van der Waals surface area contributed by atoms with Crippen molar-refractivity contribution in [2.75, 3.05) is 6.61 Å². The fourth-order valence-corrected chi connectivity index (χ4v) is 2.07. The average molecular weight is 313 g/mol. The number of primary amides is 1. The van der Waals surface area contributed by atoms with Crippen LogP contribution in [0.5, 0.6) is 5.75 Å². The number of ether oxygens (including phenoxy) is 2. The summed E-state index contributed by atoms with van der Waals surface area (Å²) >= 11 is 0. The van der Waals surface area contributed by atoms with E-state index in [1.54, 1.807) is 30.3 Å². The van der Waals surface area contributed by atoms with Crippen LogP contribution in [0.1, 0.15) is 23.7 Å². The van der Waals surface area contributed by atoms with Gasteiger partial charge >= 0.3 is 5.97 Å². The molecule has 0 saturated heterocycles. The van der Waals surface area contributed by atoms with Crippen LogP contribution in [0, 0.1) is 6.92 Å². The molecule has 0 aliphatic carbocycles. The van der Waals surface area contributed by atoms with E-state index in [9.17, 15) is 9.59 Å². The molecule has 0 radical (unpaired) electrons. The van der Waals surface area contributed by atoms with E-state index in [1.807, 2.05) is 31.2 Å². The first-order chi connectivity index (χ1) is 11.1. The lowest BCUT2D eigenvalue weighted by Gasteiger charge is -2.15. The molecule has 1 amide bonds. The van der Waals surface area contributed by atoms with Gasteiger partial charge in [0.25, 0.3) is 5.91 Å². The first-order valence-electron chi connectivity index (χ1n) is 7.29. The van der Waals surface area contributed by atoms with Crippen LogP contribution in [-0.2, 0) is 14.3 Å². The predicted molar refractivity (Wildman–Crippen MR) is 85.8 cm³/mol. The summed E-state index contributed by atoms with van der Waals surface area (Å²) in [6.07, 6.45) is -1.05. The minimum absolute atomic E-state index is 0.0323. The summed E-state index contributed by atoms with van der Waals surface area (Å²) in [5, 5.41) is 0. The van der Waals surface area contributed by atoms with E-state index in [-0.39, 0.29) is 13.0 Å². The molecule has 2 aromatic carbocycles. The van der Waals surface area contributed by atoms with Gasteiger partial charge in [-0.25, -0.2) is 0 Å². The summed E-state index contributed by atoms with van der Waals surface area (Å²) in [7, 11) is 0. The number of esters is 1. The third kappa shape index (κ3) is 5.14. The van der Waals surface area contributed by atoms with Crippen LogP contribution in [0.2, 0.25) is 0 Å². The van der Waals surface area contributed by atoms with Gasteiger partial charge in [0, 0.05) is 5.56 Å². The Bertz CT molecular complexity index is 670. The quantitative estimate of drug-likeness (QED) is 0.797. The maximum absolute atomic E-state index is 11.9. The second-order valence-corrected chi connectivity index (χ2v) is 5.10. The van der Waals surface area contributed by atoms with Gasteiger partial charge in [0.1, 0.15) is 5.75 Å². The SMILES string of the molecule is Cc1cccc(OCCC(=O)OC(C(N)=O)c2ccccc2)c1. The summed E-state index contributed by atoms with van der Waals surface area (Å²) in [6, 6.07) is 16.2. The fraction of sp³-hybridized carbons (Fsp3) is 0.222. The summed E-state index contributed by atoms with van der Waals surface area (Å²) < 4.78 is 10.7. The Labute approximate surface area is 135 Å². The molecular formula is C18H19NO4. The largest absolute Gasteiger partial charge is 0.493 e. The summed E-state index contributed by atoms with van der Waals surface area (Å²) in [5.41, 5.74) is 6.93. The monoisotopic (exact) mass is 313 g/mol. The van der Waals surface area contributed by atoms with Crippen molar-refractivity contribution in [1.82, 2.24) is 0 Å². The lowest BCUT2D eigenvalue weighted by atomic mass is 10.1. The van der Waals surface area contributed by atoms with E-state index >= 15 is 0 Å². The molecule has 5 nitrogen and oxygen atoms in total. The zero-order valence-electron chi connectivity index (χ0n) is 12.9. The zero-order valence-corrected chi connectivity index (χ0v) is 12.9. The normalized spacial score (nSPS) is 11.5. The molecule has 2 rings (SSSR count). The predicted octanol–water partition coefficient (Wildman–Crippen LogP) is 2.53. The van der Waals surface area contributed by atoms with Crippen LogP contribution in [0.15, 0.2) is 54.6 Å². The van der Waals surface area contributed by atoms with E-state index in [1.165, 1.54) is 0 Å². The highest BCUT2D eigenvalue weighted by molar-refractivity contribution is 5.83. The average Bonchev–Trinajstić information content (AvgIpc) is 2.53. The standard InChI is InChI=1S/C18H19NO4/c1-13-6-5-9-15(12-13)22-11-10-16(20)23-17(18(19)21)14-7-3-2-4-8-14/h2-9,12,17H,10-11H2,1H3,(H2,19,21). The highest BCUT2D eigenvalue weighted by Crippen LogP contribution is 2.18. The van der Waals surface area contributed by atoms with Crippen molar-refractivity contribution in [2.24, 2.45) is 5.73 Å². The second kappa shape index (κ2) is 7.98. The fourth-order valence-electron chi connectivity index (χ4n) is 2.07. The van der Waals surface area contributed by atoms with Gasteiger partial charge < -0.3 is 15.2 Å². The number of hydrogen-bond donors (Lipinski definition) is 1.